The lowest BCUT2D eigenvalue weighted by Crippen LogP contribution is -2.43. The molecule has 0 heterocycles. The van der Waals surface area contributed by atoms with Crippen LogP contribution in [0.5, 0.6) is 23.0 Å². The van der Waals surface area contributed by atoms with E-state index in [0.29, 0.717) is 35.1 Å². The highest BCUT2D eigenvalue weighted by Gasteiger charge is 2.14. The second-order valence-corrected chi connectivity index (χ2v) is 6.27. The van der Waals surface area contributed by atoms with E-state index in [0.717, 1.165) is 5.56 Å². The first-order chi connectivity index (χ1) is 14.0. The van der Waals surface area contributed by atoms with E-state index in [4.69, 9.17) is 31.2 Å². The first kappa shape index (κ1) is 22.1. The van der Waals surface area contributed by atoms with Gasteiger partial charge in [-0.15, -0.1) is 0 Å². The molecule has 0 atom stereocenters. The summed E-state index contributed by atoms with van der Waals surface area (Å²) in [6, 6.07) is 11.0. The smallest absolute Gasteiger partial charge is 0.238 e. The van der Waals surface area contributed by atoms with E-state index in [1.54, 1.807) is 34.5 Å². The zero-order chi connectivity index (χ0) is 21.2. The van der Waals surface area contributed by atoms with Gasteiger partial charge in [-0.3, -0.25) is 15.6 Å². The third kappa shape index (κ3) is 6.15. The molecule has 0 radical (unpaired) electrons. The number of nitrogens with one attached hydrogen (secondary N) is 3. The van der Waals surface area contributed by atoms with E-state index in [9.17, 15) is 4.79 Å². The lowest BCUT2D eigenvalue weighted by atomic mass is 10.1. The van der Waals surface area contributed by atoms with Gasteiger partial charge in [0.1, 0.15) is 5.75 Å². The normalized spacial score (nSPS) is 9.93. The quantitative estimate of drug-likeness (QED) is 0.445. The van der Waals surface area contributed by atoms with Gasteiger partial charge in [0.15, 0.2) is 16.6 Å². The SMILES string of the molecule is COc1ccccc1NC(=S)NNC(=O)CCc1cc(OC)c(OC)c(OC)c1. The molecule has 0 aromatic heterocycles. The number of hydrogen-bond donors (Lipinski definition) is 3. The lowest BCUT2D eigenvalue weighted by Gasteiger charge is -2.15. The Bertz CT molecular complexity index is 835. The van der Waals surface area contributed by atoms with E-state index in [2.05, 4.69) is 16.2 Å². The number of hydrogen-bond acceptors (Lipinski definition) is 6. The van der Waals surface area contributed by atoms with Gasteiger partial charge in [0.25, 0.3) is 0 Å². The number of methoxy groups -OCH3 is 4. The first-order valence-corrected chi connectivity index (χ1v) is 9.21. The summed E-state index contributed by atoms with van der Waals surface area (Å²) in [6.45, 7) is 0. The molecule has 29 heavy (non-hydrogen) atoms. The summed E-state index contributed by atoms with van der Waals surface area (Å²) < 4.78 is 21.2. The Morgan fingerprint density at radius 3 is 2.10 bits per heavy atom. The number of aryl methyl sites for hydroxylation is 1. The summed E-state index contributed by atoms with van der Waals surface area (Å²) in [5.74, 6) is 2.02. The second kappa shape index (κ2) is 11.0. The van der Waals surface area contributed by atoms with Crippen molar-refractivity contribution >= 4 is 28.9 Å². The average Bonchev–Trinajstić information content (AvgIpc) is 2.75. The van der Waals surface area contributed by atoms with Crippen LogP contribution < -0.4 is 35.1 Å². The number of rotatable bonds is 8. The number of hydrazine groups is 1. The Labute approximate surface area is 175 Å². The van der Waals surface area contributed by atoms with E-state index in [-0.39, 0.29) is 17.4 Å². The third-order valence-electron chi connectivity index (χ3n) is 4.04. The molecule has 156 valence electrons. The largest absolute Gasteiger partial charge is 0.495 e. The highest BCUT2D eigenvalue weighted by atomic mass is 32.1. The number of ether oxygens (including phenoxy) is 4. The van der Waals surface area contributed by atoms with Crippen molar-refractivity contribution in [2.75, 3.05) is 33.8 Å². The van der Waals surface area contributed by atoms with Crippen LogP contribution in [-0.4, -0.2) is 39.5 Å². The van der Waals surface area contributed by atoms with Crippen molar-refractivity contribution in [3.05, 3.63) is 42.0 Å². The fourth-order valence-corrected chi connectivity index (χ4v) is 2.79. The first-order valence-electron chi connectivity index (χ1n) is 8.80. The number of thiocarbonyl (C=S) groups is 1. The van der Waals surface area contributed by atoms with E-state index in [1.165, 1.54) is 0 Å². The molecular formula is C20H25N3O5S. The Morgan fingerprint density at radius 2 is 1.52 bits per heavy atom. The van der Waals surface area contributed by atoms with E-state index < -0.39 is 0 Å². The Morgan fingerprint density at radius 1 is 0.897 bits per heavy atom. The van der Waals surface area contributed by atoms with Crippen LogP contribution in [0, 0.1) is 0 Å². The minimum absolute atomic E-state index is 0.220. The number of carbonyl (C=O) groups excluding carboxylic acids is 1. The van der Waals surface area contributed by atoms with Gasteiger partial charge >= 0.3 is 0 Å². The molecule has 0 fully saturated rings. The number of benzene rings is 2. The topological polar surface area (TPSA) is 90.1 Å². The molecule has 0 aliphatic rings. The molecule has 0 unspecified atom stereocenters. The molecule has 2 rings (SSSR count). The van der Waals surface area contributed by atoms with Crippen LogP contribution in [0.15, 0.2) is 36.4 Å². The summed E-state index contributed by atoms with van der Waals surface area (Å²) in [5.41, 5.74) is 6.82. The molecule has 3 N–H and O–H groups in total. The van der Waals surface area contributed by atoms with Crippen LogP contribution in [0.3, 0.4) is 0 Å². The number of para-hydroxylation sites is 2. The molecule has 2 aromatic carbocycles. The molecule has 0 saturated carbocycles. The molecule has 0 spiro atoms. The fourth-order valence-electron chi connectivity index (χ4n) is 2.63. The van der Waals surface area contributed by atoms with Crippen molar-refractivity contribution in [2.24, 2.45) is 0 Å². The van der Waals surface area contributed by atoms with Crippen LogP contribution in [0.25, 0.3) is 0 Å². The molecule has 0 bridgehead atoms. The van der Waals surface area contributed by atoms with Gasteiger partial charge in [-0.25, -0.2) is 0 Å². The van der Waals surface area contributed by atoms with Crippen LogP contribution >= 0.6 is 12.2 Å². The molecule has 2 aromatic rings. The standard InChI is InChI=1S/C20H25N3O5S/c1-25-15-8-6-5-7-14(15)21-20(29)23-22-18(24)10-9-13-11-16(26-2)19(28-4)17(12-13)27-3/h5-8,11-12H,9-10H2,1-4H3,(H,22,24)(H2,21,23,29). The average molecular weight is 420 g/mol. The number of carbonyl (C=O) groups is 1. The molecule has 0 aliphatic heterocycles. The predicted octanol–water partition coefficient (Wildman–Crippen LogP) is 2.67. The zero-order valence-electron chi connectivity index (χ0n) is 16.8. The maximum atomic E-state index is 12.2. The Kier molecular flexibility index (Phi) is 8.35. The van der Waals surface area contributed by atoms with Crippen molar-refractivity contribution in [1.29, 1.82) is 0 Å². The van der Waals surface area contributed by atoms with E-state index in [1.807, 2.05) is 30.3 Å². The summed E-state index contributed by atoms with van der Waals surface area (Å²) >= 11 is 5.19. The predicted molar refractivity (Wildman–Crippen MR) is 115 cm³/mol. The van der Waals surface area contributed by atoms with Crippen molar-refractivity contribution in [3.63, 3.8) is 0 Å². The molecule has 0 saturated heterocycles. The summed E-state index contributed by atoms with van der Waals surface area (Å²) in [4.78, 5) is 12.2. The van der Waals surface area contributed by atoms with E-state index >= 15 is 0 Å². The highest BCUT2D eigenvalue weighted by molar-refractivity contribution is 7.80. The molecule has 0 aliphatic carbocycles. The summed E-state index contributed by atoms with van der Waals surface area (Å²) in [6.07, 6.45) is 0.722. The van der Waals surface area contributed by atoms with Gasteiger partial charge in [-0.05, 0) is 48.5 Å². The van der Waals surface area contributed by atoms with Crippen molar-refractivity contribution in [1.82, 2.24) is 10.9 Å². The van der Waals surface area contributed by atoms with Gasteiger partial charge < -0.3 is 24.3 Å². The summed E-state index contributed by atoms with van der Waals surface area (Å²) in [5, 5.41) is 3.21. The van der Waals surface area contributed by atoms with Crippen LogP contribution in [0.2, 0.25) is 0 Å². The minimum Gasteiger partial charge on any atom is -0.495 e. The van der Waals surface area contributed by atoms with Gasteiger partial charge in [0.05, 0.1) is 34.1 Å². The van der Waals surface area contributed by atoms with Crippen LogP contribution in [0.4, 0.5) is 5.69 Å². The lowest BCUT2D eigenvalue weighted by molar-refractivity contribution is -0.121. The monoisotopic (exact) mass is 419 g/mol. The zero-order valence-corrected chi connectivity index (χ0v) is 17.6. The minimum atomic E-state index is -0.220. The second-order valence-electron chi connectivity index (χ2n) is 5.86. The van der Waals surface area contributed by atoms with Gasteiger partial charge in [0.2, 0.25) is 11.7 Å². The van der Waals surface area contributed by atoms with Crippen molar-refractivity contribution in [2.45, 2.75) is 12.8 Å². The fraction of sp³-hybridized carbons (Fsp3) is 0.300. The van der Waals surface area contributed by atoms with Crippen LogP contribution in [-0.2, 0) is 11.2 Å². The van der Waals surface area contributed by atoms with Gasteiger partial charge in [0, 0.05) is 6.42 Å². The highest BCUT2D eigenvalue weighted by Crippen LogP contribution is 2.38. The third-order valence-corrected chi connectivity index (χ3v) is 4.24. The number of anilines is 1. The Hall–Kier alpha value is -3.20. The molecule has 1 amide bonds. The van der Waals surface area contributed by atoms with Crippen molar-refractivity contribution in [3.8, 4) is 23.0 Å². The molecule has 8 nitrogen and oxygen atoms in total. The van der Waals surface area contributed by atoms with Gasteiger partial charge in [-0.1, -0.05) is 12.1 Å². The van der Waals surface area contributed by atoms with Crippen LogP contribution in [0.1, 0.15) is 12.0 Å². The maximum absolute atomic E-state index is 12.2. The molecular weight excluding hydrogens is 394 g/mol. The maximum Gasteiger partial charge on any atom is 0.238 e. The Balaban J connectivity index is 1.87. The van der Waals surface area contributed by atoms with Gasteiger partial charge in [-0.2, -0.15) is 0 Å². The summed E-state index contributed by atoms with van der Waals surface area (Å²) in [7, 11) is 6.21. The number of amides is 1. The molecule has 9 heteroatoms. The van der Waals surface area contributed by atoms with Crippen molar-refractivity contribution < 1.29 is 23.7 Å².